The van der Waals surface area contributed by atoms with Gasteiger partial charge in [-0.1, -0.05) is 121 Å². The van der Waals surface area contributed by atoms with Gasteiger partial charge in [-0.2, -0.15) is 0 Å². The van der Waals surface area contributed by atoms with E-state index in [1.165, 1.54) is 0 Å². The smallest absolute Gasteiger partial charge is 0.172 e. The predicted octanol–water partition coefficient (Wildman–Crippen LogP) is 7.69. The van der Waals surface area contributed by atoms with E-state index in [1.54, 1.807) is 11.3 Å². The zero-order valence-corrected chi connectivity index (χ0v) is 20.0. The van der Waals surface area contributed by atoms with Gasteiger partial charge in [-0.25, -0.2) is 8.42 Å². The van der Waals surface area contributed by atoms with Crippen LogP contribution in [0.3, 0.4) is 0 Å². The minimum absolute atomic E-state index is 0.710. The van der Waals surface area contributed by atoms with E-state index in [0.29, 0.717) is 0 Å². The third-order valence-corrected chi connectivity index (χ3v) is 10.1. The molecular weight excluding hydrogens is 456 g/mol. The standard InChI is InChI=1S/C30H22O2S2/c31-34(32)29(23-17-9-3-10-18-23)25-26(30(34)24-19-11-4-12-20-24)28(22-15-7-2-8-16-22)33-27(25)21-13-5-1-6-14-21/h1-20,29-30H/t29-,30+. The fourth-order valence-electron chi connectivity index (χ4n) is 5.02. The second-order valence-electron chi connectivity index (χ2n) is 8.49. The van der Waals surface area contributed by atoms with Gasteiger partial charge in [-0.3, -0.25) is 0 Å². The molecule has 4 heteroatoms. The Morgan fingerprint density at radius 2 is 0.794 bits per heavy atom. The molecule has 0 N–H and O–H groups in total. The lowest BCUT2D eigenvalue weighted by molar-refractivity contribution is 0.588. The lowest BCUT2D eigenvalue weighted by Crippen LogP contribution is -2.15. The van der Waals surface area contributed by atoms with E-state index in [1.807, 2.05) is 97.1 Å². The average molecular weight is 479 g/mol. The molecule has 0 radical (unpaired) electrons. The molecule has 6 rings (SSSR count). The highest BCUT2D eigenvalue weighted by Crippen LogP contribution is 2.60. The molecule has 2 atom stereocenters. The van der Waals surface area contributed by atoms with Crippen LogP contribution in [-0.2, 0) is 9.84 Å². The van der Waals surface area contributed by atoms with Gasteiger partial charge in [0, 0.05) is 9.75 Å². The summed E-state index contributed by atoms with van der Waals surface area (Å²) >= 11 is 1.70. The number of rotatable bonds is 4. The Labute approximate surface area is 204 Å². The van der Waals surface area contributed by atoms with Crippen molar-refractivity contribution in [2.24, 2.45) is 0 Å². The van der Waals surface area contributed by atoms with Gasteiger partial charge >= 0.3 is 0 Å². The van der Waals surface area contributed by atoms with Crippen LogP contribution in [0.15, 0.2) is 121 Å². The first-order valence-corrected chi connectivity index (χ1v) is 13.7. The molecular formula is C30H22O2S2. The van der Waals surface area contributed by atoms with Crippen molar-refractivity contribution in [1.29, 1.82) is 0 Å². The van der Waals surface area contributed by atoms with Gasteiger partial charge in [0.25, 0.3) is 0 Å². The van der Waals surface area contributed by atoms with Crippen molar-refractivity contribution in [1.82, 2.24) is 0 Å². The van der Waals surface area contributed by atoms with E-state index in [2.05, 4.69) is 24.3 Å². The maximum Gasteiger partial charge on any atom is 0.172 e. The van der Waals surface area contributed by atoms with Crippen LogP contribution in [0.1, 0.15) is 32.8 Å². The third-order valence-electron chi connectivity index (χ3n) is 6.44. The monoisotopic (exact) mass is 478 g/mol. The number of hydrogen-bond donors (Lipinski definition) is 0. The van der Waals surface area contributed by atoms with E-state index < -0.39 is 20.3 Å². The maximum absolute atomic E-state index is 14.4. The first-order valence-electron chi connectivity index (χ1n) is 11.3. The predicted molar refractivity (Wildman–Crippen MR) is 141 cm³/mol. The summed E-state index contributed by atoms with van der Waals surface area (Å²) < 4.78 is 28.8. The van der Waals surface area contributed by atoms with Gasteiger partial charge in [-0.15, -0.1) is 11.3 Å². The summed E-state index contributed by atoms with van der Waals surface area (Å²) in [5.41, 5.74) is 5.59. The second kappa shape index (κ2) is 8.39. The molecule has 1 aromatic heterocycles. The van der Waals surface area contributed by atoms with Crippen LogP contribution in [0.25, 0.3) is 20.9 Å². The first-order chi connectivity index (χ1) is 16.7. The van der Waals surface area contributed by atoms with E-state index in [4.69, 9.17) is 0 Å². The van der Waals surface area contributed by atoms with Crippen molar-refractivity contribution < 1.29 is 8.42 Å². The molecule has 0 saturated heterocycles. The van der Waals surface area contributed by atoms with Gasteiger partial charge in [-0.05, 0) is 33.4 Å². The number of hydrogen-bond acceptors (Lipinski definition) is 3. The molecule has 0 bridgehead atoms. The zero-order chi connectivity index (χ0) is 23.1. The van der Waals surface area contributed by atoms with Crippen LogP contribution in [0, 0.1) is 0 Å². The molecule has 0 spiro atoms. The number of sulfone groups is 1. The minimum atomic E-state index is -3.60. The van der Waals surface area contributed by atoms with Crippen molar-refractivity contribution in [3.8, 4) is 20.9 Å². The minimum Gasteiger partial charge on any atom is -0.227 e. The Morgan fingerprint density at radius 1 is 0.471 bits per heavy atom. The molecule has 166 valence electrons. The summed E-state index contributed by atoms with van der Waals surface area (Å²) in [5, 5.41) is -1.42. The van der Waals surface area contributed by atoms with E-state index in [0.717, 1.165) is 43.1 Å². The summed E-state index contributed by atoms with van der Waals surface area (Å²) in [6.07, 6.45) is 0. The normalized spacial score (nSPS) is 18.5. The fourth-order valence-corrected chi connectivity index (χ4v) is 9.05. The topological polar surface area (TPSA) is 34.1 Å². The van der Waals surface area contributed by atoms with Crippen molar-refractivity contribution in [2.45, 2.75) is 10.5 Å². The van der Waals surface area contributed by atoms with Crippen molar-refractivity contribution >= 4 is 21.2 Å². The van der Waals surface area contributed by atoms with Crippen LogP contribution < -0.4 is 0 Å². The van der Waals surface area contributed by atoms with Crippen molar-refractivity contribution in [2.75, 3.05) is 0 Å². The van der Waals surface area contributed by atoms with Gasteiger partial charge in [0.1, 0.15) is 10.5 Å². The lowest BCUT2D eigenvalue weighted by Gasteiger charge is -2.17. The molecule has 2 nitrogen and oxygen atoms in total. The fraction of sp³-hybridized carbons (Fsp3) is 0.0667. The van der Waals surface area contributed by atoms with E-state index in [-0.39, 0.29) is 0 Å². The molecule has 0 unspecified atom stereocenters. The van der Waals surface area contributed by atoms with Gasteiger partial charge < -0.3 is 0 Å². The maximum atomic E-state index is 14.4. The largest absolute Gasteiger partial charge is 0.227 e. The highest BCUT2D eigenvalue weighted by Gasteiger charge is 2.50. The Balaban J connectivity index is 1.74. The molecule has 5 aromatic rings. The Morgan fingerprint density at radius 3 is 1.15 bits per heavy atom. The third kappa shape index (κ3) is 3.33. The summed E-state index contributed by atoms with van der Waals surface area (Å²) in [4.78, 5) is 2.07. The molecule has 1 aliphatic rings. The van der Waals surface area contributed by atoms with Crippen LogP contribution >= 0.6 is 11.3 Å². The van der Waals surface area contributed by atoms with Gasteiger partial charge in [0.15, 0.2) is 9.84 Å². The molecule has 0 aliphatic carbocycles. The zero-order valence-electron chi connectivity index (χ0n) is 18.3. The molecule has 0 fully saturated rings. The summed E-state index contributed by atoms with van der Waals surface area (Å²) in [6.45, 7) is 0. The summed E-state index contributed by atoms with van der Waals surface area (Å²) in [6, 6.07) is 39.7. The van der Waals surface area contributed by atoms with Crippen LogP contribution in [-0.4, -0.2) is 8.42 Å². The quantitative estimate of drug-likeness (QED) is 0.265. The first kappa shape index (κ1) is 21.1. The summed E-state index contributed by atoms with van der Waals surface area (Å²) in [5.74, 6) is 0. The number of thiophene rings is 1. The van der Waals surface area contributed by atoms with E-state index >= 15 is 0 Å². The molecule has 0 saturated carbocycles. The Kier molecular flexibility index (Phi) is 5.20. The molecule has 1 aliphatic heterocycles. The SMILES string of the molecule is O=S1(=O)[C@H](c2ccccc2)c2c(-c3ccccc3)sc(-c3ccccc3)c2[C@@H]1c1ccccc1. The Bertz CT molecular complexity index is 1430. The number of fused-ring (bicyclic) bond motifs is 1. The average Bonchev–Trinajstić information content (AvgIpc) is 3.36. The lowest BCUT2D eigenvalue weighted by atomic mass is 9.92. The highest BCUT2D eigenvalue weighted by atomic mass is 32.2. The van der Waals surface area contributed by atoms with Crippen LogP contribution in [0.4, 0.5) is 0 Å². The van der Waals surface area contributed by atoms with E-state index in [9.17, 15) is 8.42 Å². The number of benzene rings is 4. The van der Waals surface area contributed by atoms with Crippen molar-refractivity contribution in [3.63, 3.8) is 0 Å². The summed E-state index contributed by atoms with van der Waals surface area (Å²) in [7, 11) is -3.60. The van der Waals surface area contributed by atoms with Crippen LogP contribution in [0.2, 0.25) is 0 Å². The van der Waals surface area contributed by atoms with Crippen molar-refractivity contribution in [3.05, 3.63) is 144 Å². The van der Waals surface area contributed by atoms with Crippen LogP contribution in [0.5, 0.6) is 0 Å². The molecule has 2 heterocycles. The highest BCUT2D eigenvalue weighted by molar-refractivity contribution is 7.92. The van der Waals surface area contributed by atoms with Gasteiger partial charge in [0.2, 0.25) is 0 Å². The Hall–Kier alpha value is -3.47. The molecule has 34 heavy (non-hydrogen) atoms. The molecule has 0 amide bonds. The molecule has 4 aromatic carbocycles. The second-order valence-corrected chi connectivity index (χ2v) is 11.6. The van der Waals surface area contributed by atoms with Gasteiger partial charge in [0.05, 0.1) is 0 Å².